The molecule has 7 heteroatoms. The number of hydrogen-bond donors (Lipinski definition) is 1. The third kappa shape index (κ3) is 2.90. The predicted octanol–water partition coefficient (Wildman–Crippen LogP) is 2.10. The summed E-state index contributed by atoms with van der Waals surface area (Å²) in [5, 5.41) is 11.1. The van der Waals surface area contributed by atoms with Crippen LogP contribution in [0.1, 0.15) is 30.4 Å². The number of Topliss-reactive ketones (excluding diaryl/α,β-unsaturated/α-hetero) is 1. The van der Waals surface area contributed by atoms with E-state index >= 15 is 0 Å². The molecule has 0 amide bonds. The number of ether oxygens (including phenoxy) is 3. The monoisotopic (exact) mass is 416 g/mol. The van der Waals surface area contributed by atoms with Gasteiger partial charge in [-0.15, -0.1) is 0 Å². The minimum atomic E-state index is -0.540. The maximum atomic E-state index is 13.0. The Bertz CT molecular complexity index is 925. The van der Waals surface area contributed by atoms with Crippen molar-refractivity contribution in [2.24, 2.45) is 5.92 Å². The first-order valence-corrected chi connectivity index (χ1v) is 10.4. The van der Waals surface area contributed by atoms with Crippen LogP contribution in [0.15, 0.2) is 24.0 Å². The Morgan fingerprint density at radius 1 is 1.27 bits per heavy atom. The van der Waals surface area contributed by atoms with Crippen molar-refractivity contribution in [1.82, 2.24) is 0 Å². The van der Waals surface area contributed by atoms with Gasteiger partial charge in [-0.1, -0.05) is 6.07 Å². The minimum Gasteiger partial charge on any atom is -0.504 e. The zero-order valence-electron chi connectivity index (χ0n) is 18.1. The Labute approximate surface area is 176 Å². The summed E-state index contributed by atoms with van der Waals surface area (Å²) in [6.07, 6.45) is 4.49. The molecule has 1 heterocycles. The molecule has 162 valence electrons. The highest BCUT2D eigenvalue weighted by Crippen LogP contribution is 2.58. The molecule has 0 aromatic heterocycles. The number of carbonyl (C=O) groups is 2. The van der Waals surface area contributed by atoms with Crippen LogP contribution in [0.25, 0.3) is 0 Å². The summed E-state index contributed by atoms with van der Waals surface area (Å²) >= 11 is 0. The molecule has 1 saturated heterocycles. The quantitative estimate of drug-likeness (QED) is 0.598. The number of benzene rings is 1. The first kappa shape index (κ1) is 20.7. The second kappa shape index (κ2) is 7.30. The molecule has 2 bridgehead atoms. The molecule has 1 aromatic carbocycles. The molecular weight excluding hydrogens is 386 g/mol. The van der Waals surface area contributed by atoms with Crippen molar-refractivity contribution in [1.29, 1.82) is 0 Å². The number of carbonyl (C=O) groups excluding carboxylic acids is 2. The number of ketones is 1. The summed E-state index contributed by atoms with van der Waals surface area (Å²) in [5.74, 6) is 0.587. The highest BCUT2D eigenvalue weighted by atomic mass is 16.5. The van der Waals surface area contributed by atoms with Crippen molar-refractivity contribution >= 4 is 11.8 Å². The van der Waals surface area contributed by atoms with Gasteiger partial charge in [-0.05, 0) is 30.5 Å². The van der Waals surface area contributed by atoms with Crippen LogP contribution in [0.5, 0.6) is 11.5 Å². The van der Waals surface area contributed by atoms with Crippen molar-refractivity contribution < 1.29 is 33.4 Å². The standard InChI is InChI=1S/C23H29NO6/c1-24(13-20(26)30-4)9-5-8-23-12-17(25)19(29-3)11-15(23)16(24)10-14-6-7-18(28-2)22(27)21(14)23/h6-7,11,15-16H,5,8-10,12-13H2,1-4H3/p+1/t15-,16-,23-,24+/m1/s1. The van der Waals surface area contributed by atoms with Gasteiger partial charge in [0.05, 0.1) is 34.9 Å². The highest BCUT2D eigenvalue weighted by Gasteiger charge is 2.59. The Morgan fingerprint density at radius 3 is 2.70 bits per heavy atom. The molecule has 0 radical (unpaired) electrons. The van der Waals surface area contributed by atoms with Crippen LogP contribution in [0.2, 0.25) is 0 Å². The number of methoxy groups -OCH3 is 3. The van der Waals surface area contributed by atoms with E-state index in [0.29, 0.717) is 22.4 Å². The van der Waals surface area contributed by atoms with E-state index in [9.17, 15) is 14.7 Å². The van der Waals surface area contributed by atoms with Crippen molar-refractivity contribution in [2.45, 2.75) is 37.1 Å². The van der Waals surface area contributed by atoms with Gasteiger partial charge in [0, 0.05) is 29.7 Å². The number of phenols is 1. The lowest BCUT2D eigenvalue weighted by molar-refractivity contribution is -0.929. The molecule has 0 spiro atoms. The second-order valence-corrected chi connectivity index (χ2v) is 8.98. The van der Waals surface area contributed by atoms with Crippen LogP contribution < -0.4 is 4.74 Å². The van der Waals surface area contributed by atoms with Crippen LogP contribution in [-0.4, -0.2) is 68.9 Å². The Morgan fingerprint density at radius 2 is 2.03 bits per heavy atom. The Balaban J connectivity index is 1.95. The molecule has 0 unspecified atom stereocenters. The van der Waals surface area contributed by atoms with Crippen LogP contribution in [-0.2, 0) is 30.9 Å². The molecule has 0 saturated carbocycles. The third-order valence-corrected chi connectivity index (χ3v) is 7.54. The lowest BCUT2D eigenvalue weighted by atomic mass is 9.55. The molecule has 30 heavy (non-hydrogen) atoms. The van der Waals surface area contributed by atoms with Gasteiger partial charge >= 0.3 is 5.97 Å². The number of likely N-dealkylation sites (tertiary alicyclic amines) is 1. The van der Waals surface area contributed by atoms with Crippen LogP contribution >= 0.6 is 0 Å². The highest BCUT2D eigenvalue weighted by molar-refractivity contribution is 5.96. The Kier molecular flexibility index (Phi) is 5.04. The molecule has 1 aromatic rings. The largest absolute Gasteiger partial charge is 0.504 e. The second-order valence-electron chi connectivity index (χ2n) is 8.98. The van der Waals surface area contributed by atoms with Gasteiger partial charge < -0.3 is 23.8 Å². The number of aromatic hydroxyl groups is 1. The van der Waals surface area contributed by atoms with E-state index in [1.54, 1.807) is 6.07 Å². The van der Waals surface area contributed by atoms with Gasteiger partial charge in [0.1, 0.15) is 6.04 Å². The molecular formula is C23H30NO6+. The van der Waals surface area contributed by atoms with Gasteiger partial charge in [-0.2, -0.15) is 0 Å². The van der Waals surface area contributed by atoms with E-state index in [1.807, 2.05) is 12.1 Å². The normalized spacial score (nSPS) is 32.3. The molecule has 7 nitrogen and oxygen atoms in total. The van der Waals surface area contributed by atoms with Crippen molar-refractivity contribution in [2.75, 3.05) is 41.5 Å². The number of quaternary nitrogens is 1. The van der Waals surface area contributed by atoms with Gasteiger partial charge in [0.15, 0.2) is 29.6 Å². The molecule has 4 rings (SSSR count). The van der Waals surface area contributed by atoms with E-state index in [1.165, 1.54) is 21.3 Å². The summed E-state index contributed by atoms with van der Waals surface area (Å²) < 4.78 is 16.3. The smallest absolute Gasteiger partial charge is 0.361 e. The van der Waals surface area contributed by atoms with Crippen LogP contribution in [0.3, 0.4) is 0 Å². The molecule has 1 aliphatic heterocycles. The number of esters is 1. The molecule has 1 N–H and O–H groups in total. The van der Waals surface area contributed by atoms with Crippen molar-refractivity contribution in [3.8, 4) is 11.5 Å². The fraction of sp³-hybridized carbons (Fsp3) is 0.565. The lowest BCUT2D eigenvalue weighted by Crippen LogP contribution is -2.62. The van der Waals surface area contributed by atoms with Gasteiger partial charge in [0.25, 0.3) is 0 Å². The molecule has 1 fully saturated rings. The number of phenolic OH excluding ortho intramolecular Hbond substituents is 1. The van der Waals surface area contributed by atoms with E-state index in [-0.39, 0.29) is 42.4 Å². The maximum absolute atomic E-state index is 13.0. The molecule has 3 aliphatic rings. The van der Waals surface area contributed by atoms with Crippen molar-refractivity contribution in [3.05, 3.63) is 35.1 Å². The Hall–Kier alpha value is -2.54. The molecule has 2 aliphatic carbocycles. The zero-order valence-corrected chi connectivity index (χ0v) is 18.1. The maximum Gasteiger partial charge on any atom is 0.361 e. The third-order valence-electron chi connectivity index (χ3n) is 7.54. The fourth-order valence-corrected chi connectivity index (χ4v) is 6.15. The first-order chi connectivity index (χ1) is 14.3. The average Bonchev–Trinajstić information content (AvgIpc) is 2.79. The summed E-state index contributed by atoms with van der Waals surface area (Å²) in [7, 11) is 6.57. The fourth-order valence-electron chi connectivity index (χ4n) is 6.15. The van der Waals surface area contributed by atoms with Crippen LogP contribution in [0, 0.1) is 5.92 Å². The van der Waals surface area contributed by atoms with E-state index < -0.39 is 5.41 Å². The van der Waals surface area contributed by atoms with E-state index in [0.717, 1.165) is 30.5 Å². The van der Waals surface area contributed by atoms with E-state index in [4.69, 9.17) is 14.2 Å². The summed E-state index contributed by atoms with van der Waals surface area (Å²) in [6, 6.07) is 3.83. The summed E-state index contributed by atoms with van der Waals surface area (Å²) in [6.45, 7) is 1.07. The number of nitrogens with zero attached hydrogens (tertiary/aromatic N) is 1. The van der Waals surface area contributed by atoms with E-state index in [2.05, 4.69) is 7.05 Å². The summed E-state index contributed by atoms with van der Waals surface area (Å²) in [4.78, 5) is 25.2. The lowest BCUT2D eigenvalue weighted by Gasteiger charge is -2.52. The number of rotatable bonds is 4. The van der Waals surface area contributed by atoms with Crippen molar-refractivity contribution in [3.63, 3.8) is 0 Å². The number of likely N-dealkylation sites (N-methyl/N-ethyl adjacent to an activating group) is 1. The number of allylic oxidation sites excluding steroid dienone is 1. The average molecular weight is 416 g/mol. The van der Waals surface area contributed by atoms with Crippen LogP contribution in [0.4, 0.5) is 0 Å². The minimum absolute atomic E-state index is 0.0483. The molecule has 4 atom stereocenters. The predicted molar refractivity (Wildman–Crippen MR) is 109 cm³/mol. The zero-order chi connectivity index (χ0) is 21.7. The number of hydrogen-bond acceptors (Lipinski definition) is 6. The summed E-state index contributed by atoms with van der Waals surface area (Å²) in [5.41, 5.74) is 1.31. The first-order valence-electron chi connectivity index (χ1n) is 10.4. The number of fused-ring (bicyclic) bond motifs is 1. The van der Waals surface area contributed by atoms with Gasteiger partial charge in [-0.25, -0.2) is 4.79 Å². The van der Waals surface area contributed by atoms with Gasteiger partial charge in [0.2, 0.25) is 0 Å². The SMILES string of the molecule is COC(=O)C[N@+]1(C)CCC[C@@]23CC(=O)C(OC)=C[C@@H]2[C@H]1Cc1ccc(OC)c(O)c13. The van der Waals surface area contributed by atoms with Gasteiger partial charge in [-0.3, -0.25) is 4.79 Å². The topological polar surface area (TPSA) is 82.1 Å².